The third-order valence-corrected chi connectivity index (χ3v) is 6.59. The molecule has 1 aromatic rings. The van der Waals surface area contributed by atoms with Crippen LogP contribution in [0.5, 0.6) is 0 Å². The minimum absolute atomic E-state index is 0.00832. The van der Waals surface area contributed by atoms with Crippen molar-refractivity contribution >= 4 is 17.9 Å². The highest BCUT2D eigenvalue weighted by atomic mass is 16.6. The quantitative estimate of drug-likeness (QED) is 0.703. The lowest BCUT2D eigenvalue weighted by Crippen LogP contribution is -2.58. The van der Waals surface area contributed by atoms with Crippen LogP contribution in [0.3, 0.4) is 0 Å². The Morgan fingerprint density at radius 1 is 1.06 bits per heavy atom. The van der Waals surface area contributed by atoms with Gasteiger partial charge in [0.1, 0.15) is 11.6 Å². The summed E-state index contributed by atoms with van der Waals surface area (Å²) in [5, 5.41) is 8.98. The summed E-state index contributed by atoms with van der Waals surface area (Å²) < 4.78 is 5.54. The van der Waals surface area contributed by atoms with Crippen LogP contribution in [0.2, 0.25) is 0 Å². The molecule has 0 saturated carbocycles. The van der Waals surface area contributed by atoms with Gasteiger partial charge in [0.2, 0.25) is 11.8 Å². The fourth-order valence-electron chi connectivity index (χ4n) is 5.22. The fourth-order valence-corrected chi connectivity index (χ4v) is 5.22. The van der Waals surface area contributed by atoms with Crippen molar-refractivity contribution in [3.63, 3.8) is 0 Å². The molecular formula is C25H32N4O4. The SMILES string of the molecule is CC(C)(C)OC(=O)N1CC2CC(C1)CN(C(=O)C1CCC(=O)N1Cc1ccc(C#N)cc1)C2. The summed E-state index contributed by atoms with van der Waals surface area (Å²) in [6, 6.07) is 8.78. The first-order valence-electron chi connectivity index (χ1n) is 11.7. The van der Waals surface area contributed by atoms with Gasteiger partial charge < -0.3 is 19.4 Å². The van der Waals surface area contributed by atoms with Crippen LogP contribution in [0.25, 0.3) is 0 Å². The van der Waals surface area contributed by atoms with Crippen LogP contribution in [0, 0.1) is 23.2 Å². The zero-order valence-corrected chi connectivity index (χ0v) is 19.6. The summed E-state index contributed by atoms with van der Waals surface area (Å²) >= 11 is 0. The number of piperidine rings is 2. The van der Waals surface area contributed by atoms with E-state index < -0.39 is 11.6 Å². The summed E-state index contributed by atoms with van der Waals surface area (Å²) in [6.45, 7) is 8.34. The molecule has 0 aromatic heterocycles. The Kier molecular flexibility index (Phi) is 6.33. The van der Waals surface area contributed by atoms with Crippen molar-refractivity contribution in [2.24, 2.45) is 11.8 Å². The number of likely N-dealkylation sites (tertiary alicyclic amines) is 3. The molecule has 0 aliphatic carbocycles. The molecule has 8 nitrogen and oxygen atoms in total. The third kappa shape index (κ3) is 5.29. The van der Waals surface area contributed by atoms with E-state index in [1.165, 1.54) is 0 Å². The number of hydrogen-bond donors (Lipinski definition) is 0. The van der Waals surface area contributed by atoms with E-state index in [1.807, 2.05) is 37.8 Å². The maximum Gasteiger partial charge on any atom is 0.410 e. The van der Waals surface area contributed by atoms with Gasteiger partial charge >= 0.3 is 6.09 Å². The zero-order chi connectivity index (χ0) is 23.8. The number of hydrogen-bond acceptors (Lipinski definition) is 5. The predicted molar refractivity (Wildman–Crippen MR) is 121 cm³/mol. The van der Waals surface area contributed by atoms with Gasteiger partial charge in [-0.15, -0.1) is 0 Å². The van der Waals surface area contributed by atoms with Gasteiger partial charge in [0, 0.05) is 39.1 Å². The van der Waals surface area contributed by atoms with Gasteiger partial charge in [0.05, 0.1) is 11.6 Å². The maximum atomic E-state index is 13.5. The van der Waals surface area contributed by atoms with Crippen molar-refractivity contribution < 1.29 is 19.1 Å². The number of ether oxygens (including phenoxy) is 1. The molecule has 3 aliphatic rings. The molecule has 3 heterocycles. The lowest BCUT2D eigenvalue weighted by Gasteiger charge is -2.46. The first kappa shape index (κ1) is 23.1. The van der Waals surface area contributed by atoms with Gasteiger partial charge in [-0.05, 0) is 63.1 Å². The van der Waals surface area contributed by atoms with Gasteiger partial charge in [-0.25, -0.2) is 4.79 Å². The third-order valence-electron chi connectivity index (χ3n) is 6.59. The summed E-state index contributed by atoms with van der Waals surface area (Å²) in [7, 11) is 0. The number of carbonyl (C=O) groups is 3. The number of nitriles is 1. The van der Waals surface area contributed by atoms with E-state index in [4.69, 9.17) is 10.00 Å². The van der Waals surface area contributed by atoms with Crippen molar-refractivity contribution in [2.75, 3.05) is 26.2 Å². The molecule has 3 atom stereocenters. The minimum Gasteiger partial charge on any atom is -0.444 e. The van der Waals surface area contributed by atoms with Gasteiger partial charge in [-0.1, -0.05) is 12.1 Å². The summed E-state index contributed by atoms with van der Waals surface area (Å²) in [5.74, 6) is 0.442. The number of nitrogens with zero attached hydrogens (tertiary/aromatic N) is 4. The molecule has 3 saturated heterocycles. The summed E-state index contributed by atoms with van der Waals surface area (Å²) in [5.41, 5.74) is 0.948. The van der Waals surface area contributed by atoms with Crippen LogP contribution >= 0.6 is 0 Å². The van der Waals surface area contributed by atoms with Crippen LogP contribution in [0.4, 0.5) is 4.79 Å². The van der Waals surface area contributed by atoms with Crippen LogP contribution in [0.1, 0.15) is 51.2 Å². The van der Waals surface area contributed by atoms with E-state index in [9.17, 15) is 14.4 Å². The van der Waals surface area contributed by atoms with Crippen molar-refractivity contribution in [2.45, 2.75) is 58.2 Å². The summed E-state index contributed by atoms with van der Waals surface area (Å²) in [6.07, 6.45) is 1.62. The predicted octanol–water partition coefficient (Wildman–Crippen LogP) is 2.76. The Morgan fingerprint density at radius 2 is 1.67 bits per heavy atom. The van der Waals surface area contributed by atoms with Gasteiger partial charge in [0.15, 0.2) is 0 Å². The molecule has 3 aliphatic heterocycles. The molecule has 0 spiro atoms. The number of amides is 3. The highest BCUT2D eigenvalue weighted by Gasteiger charge is 2.43. The second kappa shape index (κ2) is 9.05. The molecule has 8 heteroatoms. The van der Waals surface area contributed by atoms with Crippen LogP contribution in [0.15, 0.2) is 24.3 Å². The Bertz CT molecular complexity index is 948. The summed E-state index contributed by atoms with van der Waals surface area (Å²) in [4.78, 5) is 43.9. The van der Waals surface area contributed by atoms with Gasteiger partial charge in [0.25, 0.3) is 0 Å². The van der Waals surface area contributed by atoms with Crippen molar-refractivity contribution in [1.82, 2.24) is 14.7 Å². The molecule has 2 bridgehead atoms. The van der Waals surface area contributed by atoms with E-state index in [1.54, 1.807) is 21.9 Å². The van der Waals surface area contributed by atoms with E-state index >= 15 is 0 Å². The van der Waals surface area contributed by atoms with E-state index in [2.05, 4.69) is 6.07 Å². The first-order valence-corrected chi connectivity index (χ1v) is 11.7. The second-order valence-corrected chi connectivity index (χ2v) is 10.5. The highest BCUT2D eigenvalue weighted by Crippen LogP contribution is 2.32. The average Bonchev–Trinajstić information content (AvgIpc) is 3.12. The number of benzene rings is 1. The van der Waals surface area contributed by atoms with Crippen LogP contribution in [-0.2, 0) is 20.9 Å². The molecule has 3 fully saturated rings. The number of carbonyl (C=O) groups excluding carboxylic acids is 3. The van der Waals surface area contributed by atoms with Crippen LogP contribution in [-0.4, -0.2) is 70.4 Å². The van der Waals surface area contributed by atoms with Crippen molar-refractivity contribution in [3.05, 3.63) is 35.4 Å². The Hall–Kier alpha value is -3.08. The van der Waals surface area contributed by atoms with Gasteiger partial charge in [-0.3, -0.25) is 9.59 Å². The molecule has 3 unspecified atom stereocenters. The number of fused-ring (bicyclic) bond motifs is 2. The van der Waals surface area contributed by atoms with Crippen LogP contribution < -0.4 is 0 Å². The fraction of sp³-hybridized carbons (Fsp3) is 0.600. The first-order chi connectivity index (χ1) is 15.6. The normalized spacial score (nSPS) is 25.1. The molecule has 0 radical (unpaired) electrons. The minimum atomic E-state index is -0.529. The number of rotatable bonds is 3. The standard InChI is InChI=1S/C25H32N4O4/c1-25(2,3)33-24(32)28-14-19-10-20(15-28)13-27(12-19)23(31)21-8-9-22(30)29(21)16-18-6-4-17(11-26)5-7-18/h4-7,19-21H,8-10,12-16H2,1-3H3. The highest BCUT2D eigenvalue weighted by molar-refractivity contribution is 5.91. The van der Waals surface area contributed by atoms with E-state index in [0.717, 1.165) is 12.0 Å². The molecule has 0 N–H and O–H groups in total. The molecule has 3 amide bonds. The molecule has 33 heavy (non-hydrogen) atoms. The van der Waals surface area contributed by atoms with E-state index in [0.29, 0.717) is 51.1 Å². The van der Waals surface area contributed by atoms with E-state index in [-0.39, 0.29) is 29.7 Å². The van der Waals surface area contributed by atoms with Crippen molar-refractivity contribution in [1.29, 1.82) is 5.26 Å². The monoisotopic (exact) mass is 452 g/mol. The lowest BCUT2D eigenvalue weighted by atomic mass is 9.84. The molecule has 4 rings (SSSR count). The second-order valence-electron chi connectivity index (χ2n) is 10.5. The smallest absolute Gasteiger partial charge is 0.410 e. The maximum absolute atomic E-state index is 13.5. The van der Waals surface area contributed by atoms with Crippen molar-refractivity contribution in [3.8, 4) is 6.07 Å². The Morgan fingerprint density at radius 3 is 2.24 bits per heavy atom. The lowest BCUT2D eigenvalue weighted by molar-refractivity contribution is -0.145. The molecule has 1 aromatic carbocycles. The largest absolute Gasteiger partial charge is 0.444 e. The Labute approximate surface area is 195 Å². The molecular weight excluding hydrogens is 420 g/mol. The topological polar surface area (TPSA) is 93.9 Å². The Balaban J connectivity index is 1.39. The zero-order valence-electron chi connectivity index (χ0n) is 19.6. The average molecular weight is 453 g/mol. The van der Waals surface area contributed by atoms with Gasteiger partial charge in [-0.2, -0.15) is 5.26 Å². The molecule has 176 valence electrons.